The molecule has 3 aromatic carbocycles. The molecule has 0 radical (unpaired) electrons. The molecule has 3 atom stereocenters. The summed E-state index contributed by atoms with van der Waals surface area (Å²) in [7, 11) is 1.59. The Kier molecular flexibility index (Phi) is 11.5. The van der Waals surface area contributed by atoms with Crippen LogP contribution in [0.5, 0.6) is 0 Å². The molecule has 0 aliphatic carbocycles. The highest BCUT2D eigenvalue weighted by Crippen LogP contribution is 2.26. The smallest absolute Gasteiger partial charge is 0.254 e. The van der Waals surface area contributed by atoms with Crippen LogP contribution < -0.4 is 10.6 Å². The van der Waals surface area contributed by atoms with Crippen LogP contribution in [0, 0.1) is 11.6 Å². The van der Waals surface area contributed by atoms with E-state index in [1.807, 2.05) is 18.2 Å². The molecule has 1 aliphatic rings. The molecule has 5 rings (SSSR count). The Hall–Kier alpha value is -4.45. The molecule has 9 nitrogen and oxygen atoms in total. The summed E-state index contributed by atoms with van der Waals surface area (Å²) in [5.74, 6) is -2.13. The molecule has 47 heavy (non-hydrogen) atoms. The van der Waals surface area contributed by atoms with Crippen molar-refractivity contribution in [1.82, 2.24) is 20.5 Å². The first-order valence-corrected chi connectivity index (χ1v) is 15.8. The topological polar surface area (TPSA) is 117 Å². The van der Waals surface area contributed by atoms with Crippen LogP contribution in [0.4, 0.5) is 8.78 Å². The molecule has 1 aliphatic heterocycles. The van der Waals surface area contributed by atoms with E-state index < -0.39 is 29.7 Å². The van der Waals surface area contributed by atoms with E-state index in [0.29, 0.717) is 25.3 Å². The molecular formula is C36H40F2N4O5. The normalized spacial score (nSPS) is 15.9. The first-order chi connectivity index (χ1) is 22.7. The van der Waals surface area contributed by atoms with E-state index in [-0.39, 0.29) is 47.5 Å². The first-order valence-electron chi connectivity index (χ1n) is 15.8. The molecule has 2 amide bonds. The summed E-state index contributed by atoms with van der Waals surface area (Å²) in [6.07, 6.45) is 4.23. The number of rotatable bonds is 14. The number of halogens is 2. The van der Waals surface area contributed by atoms with Crippen LogP contribution in [-0.2, 0) is 24.1 Å². The van der Waals surface area contributed by atoms with Crippen molar-refractivity contribution in [2.24, 2.45) is 0 Å². The number of hydrogen-bond donors (Lipinski definition) is 3. The van der Waals surface area contributed by atoms with Gasteiger partial charge in [0, 0.05) is 49.5 Å². The molecule has 11 heteroatoms. The van der Waals surface area contributed by atoms with Crippen LogP contribution in [0.1, 0.15) is 57.2 Å². The number of aliphatic hydroxyl groups is 1. The summed E-state index contributed by atoms with van der Waals surface area (Å²) in [5.41, 5.74) is 3.33. The minimum Gasteiger partial charge on any atom is -0.445 e. The van der Waals surface area contributed by atoms with Gasteiger partial charge < -0.3 is 29.8 Å². The number of ether oxygens (including phenoxy) is 1. The molecular weight excluding hydrogens is 606 g/mol. The van der Waals surface area contributed by atoms with Crippen LogP contribution >= 0.6 is 0 Å². The van der Waals surface area contributed by atoms with Crippen molar-refractivity contribution >= 4 is 11.8 Å². The fourth-order valence-corrected chi connectivity index (χ4v) is 5.99. The van der Waals surface area contributed by atoms with Crippen LogP contribution in [0.15, 0.2) is 77.5 Å². The third-order valence-corrected chi connectivity index (χ3v) is 8.36. The zero-order chi connectivity index (χ0) is 33.3. The van der Waals surface area contributed by atoms with Gasteiger partial charge >= 0.3 is 0 Å². The fraction of sp³-hybridized carbons (Fsp3) is 0.361. The maximum atomic E-state index is 14.1. The van der Waals surface area contributed by atoms with Gasteiger partial charge in [-0.15, -0.1) is 0 Å². The number of nitrogens with one attached hydrogen (secondary N) is 2. The lowest BCUT2D eigenvalue weighted by molar-refractivity contribution is 0.0630. The van der Waals surface area contributed by atoms with E-state index in [1.54, 1.807) is 24.1 Å². The van der Waals surface area contributed by atoms with Crippen LogP contribution in [0.3, 0.4) is 0 Å². The van der Waals surface area contributed by atoms with Crippen molar-refractivity contribution in [1.29, 1.82) is 0 Å². The number of methoxy groups -OCH3 is 1. The number of aromatic nitrogens is 1. The van der Waals surface area contributed by atoms with Gasteiger partial charge in [0.25, 0.3) is 11.8 Å². The van der Waals surface area contributed by atoms with E-state index in [1.165, 1.54) is 36.2 Å². The van der Waals surface area contributed by atoms with Gasteiger partial charge in [-0.2, -0.15) is 0 Å². The van der Waals surface area contributed by atoms with Crippen LogP contribution in [0.2, 0.25) is 0 Å². The number of nitrogens with zero attached hydrogens (tertiary/aromatic N) is 2. The predicted octanol–water partition coefficient (Wildman–Crippen LogP) is 4.93. The van der Waals surface area contributed by atoms with E-state index in [9.17, 15) is 23.5 Å². The van der Waals surface area contributed by atoms with Crippen molar-refractivity contribution in [2.45, 2.75) is 57.3 Å². The van der Waals surface area contributed by atoms with E-state index in [2.05, 4.69) is 28.6 Å². The fourth-order valence-electron chi connectivity index (χ4n) is 5.99. The molecule has 1 saturated heterocycles. The van der Waals surface area contributed by atoms with Crippen molar-refractivity contribution in [3.63, 3.8) is 0 Å². The Labute approximate surface area is 273 Å². The third-order valence-electron chi connectivity index (χ3n) is 8.36. The maximum absolute atomic E-state index is 14.1. The lowest BCUT2D eigenvalue weighted by Gasteiger charge is -2.26. The SMILES string of the molecule is CCc1cccc(CNC[C@H](O)[C@H](Cc2cc(F)cc(F)c2)NC(=O)c2cc(C(=O)N3CCC[C@@H]3COC)cc(-c3ncco3)c2)c1. The minimum atomic E-state index is -1.13. The first kappa shape index (κ1) is 33.9. The number of aryl methyl sites for hydroxylation is 1. The maximum Gasteiger partial charge on any atom is 0.254 e. The molecule has 3 N–H and O–H groups in total. The van der Waals surface area contributed by atoms with Gasteiger partial charge in [0.15, 0.2) is 0 Å². The summed E-state index contributed by atoms with van der Waals surface area (Å²) >= 11 is 0. The molecule has 1 fully saturated rings. The highest BCUT2D eigenvalue weighted by Gasteiger charge is 2.31. The summed E-state index contributed by atoms with van der Waals surface area (Å²) < 4.78 is 39.0. The molecule has 0 bridgehead atoms. The van der Waals surface area contributed by atoms with Crippen molar-refractivity contribution in [3.05, 3.63) is 113 Å². The zero-order valence-electron chi connectivity index (χ0n) is 26.5. The van der Waals surface area contributed by atoms with E-state index >= 15 is 0 Å². The summed E-state index contributed by atoms with van der Waals surface area (Å²) in [6.45, 7) is 3.60. The molecule has 2 heterocycles. The standard InChI is InChI=1S/C36H40F2N4O5/c1-3-23-6-4-7-24(12-23)20-39-21-33(43)32(15-25-13-29(37)19-30(38)14-25)41-34(44)26-16-27(35-40-9-11-47-35)18-28(17-26)36(45)42-10-5-8-31(42)22-46-2/h4,6-7,9,11-14,16-19,31-33,39,43H,3,5,8,10,15,20-22H2,1-2H3,(H,41,44)/t31-,32+,33+/m1/s1. The quantitative estimate of drug-likeness (QED) is 0.178. The minimum absolute atomic E-state index is 0.0493. The van der Waals surface area contributed by atoms with Crippen molar-refractivity contribution < 1.29 is 32.6 Å². The predicted molar refractivity (Wildman–Crippen MR) is 173 cm³/mol. The second-order valence-corrected chi connectivity index (χ2v) is 11.8. The lowest BCUT2D eigenvalue weighted by atomic mass is 9.99. The Morgan fingerprint density at radius 2 is 1.83 bits per heavy atom. The highest BCUT2D eigenvalue weighted by atomic mass is 19.1. The number of carbonyl (C=O) groups is 2. The van der Waals surface area contributed by atoms with Gasteiger partial charge in [0.1, 0.15) is 17.9 Å². The third kappa shape index (κ3) is 8.88. The molecule has 0 unspecified atom stereocenters. The van der Waals surface area contributed by atoms with Gasteiger partial charge in [0.05, 0.1) is 31.0 Å². The molecule has 248 valence electrons. The lowest BCUT2D eigenvalue weighted by Crippen LogP contribution is -2.48. The summed E-state index contributed by atoms with van der Waals surface area (Å²) in [4.78, 5) is 33.5. The second kappa shape index (κ2) is 15.9. The summed E-state index contributed by atoms with van der Waals surface area (Å²) in [5, 5.41) is 17.4. The molecule has 0 saturated carbocycles. The van der Waals surface area contributed by atoms with Gasteiger partial charge in [-0.1, -0.05) is 31.2 Å². The molecule has 4 aromatic rings. The highest BCUT2D eigenvalue weighted by molar-refractivity contribution is 6.01. The molecule has 0 spiro atoms. The van der Waals surface area contributed by atoms with Gasteiger partial charge in [-0.05, 0) is 72.7 Å². The Bertz CT molecular complexity index is 1640. The number of carbonyl (C=O) groups excluding carboxylic acids is 2. The van der Waals surface area contributed by atoms with Crippen molar-refractivity contribution in [2.75, 3.05) is 26.8 Å². The van der Waals surface area contributed by atoms with Gasteiger partial charge in [-0.3, -0.25) is 9.59 Å². The Morgan fingerprint density at radius 1 is 1.06 bits per heavy atom. The number of benzene rings is 3. The van der Waals surface area contributed by atoms with Crippen LogP contribution in [-0.4, -0.2) is 71.8 Å². The Balaban J connectivity index is 1.39. The summed E-state index contributed by atoms with van der Waals surface area (Å²) in [6, 6.07) is 14.8. The number of hydrogen-bond acceptors (Lipinski definition) is 7. The number of aliphatic hydroxyl groups excluding tert-OH is 1. The monoisotopic (exact) mass is 646 g/mol. The Morgan fingerprint density at radius 3 is 2.55 bits per heavy atom. The number of amides is 2. The number of oxazole rings is 1. The average Bonchev–Trinajstić information content (AvgIpc) is 3.77. The number of likely N-dealkylation sites (tertiary alicyclic amines) is 1. The van der Waals surface area contributed by atoms with Crippen molar-refractivity contribution in [3.8, 4) is 11.5 Å². The van der Waals surface area contributed by atoms with Gasteiger partial charge in [0.2, 0.25) is 5.89 Å². The van der Waals surface area contributed by atoms with E-state index in [4.69, 9.17) is 9.15 Å². The van der Waals surface area contributed by atoms with Gasteiger partial charge in [-0.25, -0.2) is 13.8 Å². The molecule has 1 aromatic heterocycles. The average molecular weight is 647 g/mol. The zero-order valence-corrected chi connectivity index (χ0v) is 26.5. The second-order valence-electron chi connectivity index (χ2n) is 11.8. The largest absolute Gasteiger partial charge is 0.445 e. The van der Waals surface area contributed by atoms with E-state index in [0.717, 1.165) is 30.9 Å². The van der Waals surface area contributed by atoms with Crippen LogP contribution in [0.25, 0.3) is 11.5 Å².